The van der Waals surface area contributed by atoms with Crippen molar-refractivity contribution < 1.29 is 4.79 Å². The van der Waals surface area contributed by atoms with Gasteiger partial charge in [-0.15, -0.1) is 0 Å². The van der Waals surface area contributed by atoms with Crippen molar-refractivity contribution in [2.45, 2.75) is 46.2 Å². The number of nitrogens with one attached hydrogen (secondary N) is 1. The van der Waals surface area contributed by atoms with Gasteiger partial charge in [-0.05, 0) is 12.5 Å². The molecule has 1 rings (SSSR count). The first-order valence-electron chi connectivity index (χ1n) is 7.25. The Morgan fingerprint density at radius 1 is 1.50 bits per heavy atom. The Balaban J connectivity index is 2.89. The highest BCUT2D eigenvalue weighted by atomic mass is 16.1. The van der Waals surface area contributed by atoms with Crippen LogP contribution in [0.15, 0.2) is 18.3 Å². The fourth-order valence-electron chi connectivity index (χ4n) is 1.96. The predicted octanol–water partition coefficient (Wildman–Crippen LogP) is 1.67. The van der Waals surface area contributed by atoms with Gasteiger partial charge in [0.2, 0.25) is 5.91 Å². The smallest absolute Gasteiger partial charge is 0.236 e. The molecule has 5 nitrogen and oxygen atoms in total. The van der Waals surface area contributed by atoms with E-state index < -0.39 is 0 Å². The van der Waals surface area contributed by atoms with Crippen molar-refractivity contribution in [1.82, 2.24) is 10.3 Å². The van der Waals surface area contributed by atoms with Crippen molar-refractivity contribution in [3.8, 4) is 0 Å². The predicted molar refractivity (Wildman–Crippen MR) is 82.5 cm³/mol. The molecule has 0 fully saturated rings. The fraction of sp³-hybridized carbons (Fsp3) is 0.600. The van der Waals surface area contributed by atoms with Crippen molar-refractivity contribution in [2.24, 2.45) is 5.73 Å². The number of hydrogen-bond acceptors (Lipinski definition) is 4. The van der Waals surface area contributed by atoms with E-state index in [9.17, 15) is 4.79 Å². The Morgan fingerprint density at radius 2 is 2.25 bits per heavy atom. The van der Waals surface area contributed by atoms with E-state index >= 15 is 0 Å². The summed E-state index contributed by atoms with van der Waals surface area (Å²) in [5.74, 6) is 0.530. The maximum Gasteiger partial charge on any atom is 0.236 e. The molecule has 0 aliphatic heterocycles. The number of hydrogen-bond donors (Lipinski definition) is 2. The second-order valence-electron chi connectivity index (χ2n) is 5.26. The molecule has 1 aromatic rings. The molecule has 0 spiro atoms. The lowest BCUT2D eigenvalue weighted by Crippen LogP contribution is -2.36. The van der Waals surface area contributed by atoms with Crippen LogP contribution in [0.5, 0.6) is 0 Å². The van der Waals surface area contributed by atoms with E-state index in [-0.39, 0.29) is 12.5 Å². The van der Waals surface area contributed by atoms with Gasteiger partial charge < -0.3 is 16.0 Å². The van der Waals surface area contributed by atoms with Crippen LogP contribution in [0, 0.1) is 0 Å². The Bertz CT molecular complexity index is 420. The molecule has 0 atom stereocenters. The van der Waals surface area contributed by atoms with Gasteiger partial charge in [0.1, 0.15) is 5.82 Å². The van der Waals surface area contributed by atoms with Crippen molar-refractivity contribution in [3.63, 3.8) is 0 Å². The minimum Gasteiger partial charge on any atom is -0.368 e. The normalized spacial score (nSPS) is 10.8. The van der Waals surface area contributed by atoms with Crippen LogP contribution in [-0.2, 0) is 11.3 Å². The van der Waals surface area contributed by atoms with Gasteiger partial charge in [-0.2, -0.15) is 0 Å². The molecule has 0 saturated heterocycles. The number of aromatic nitrogens is 1. The number of primary amides is 1. The largest absolute Gasteiger partial charge is 0.368 e. The highest BCUT2D eigenvalue weighted by molar-refractivity contribution is 5.79. The lowest BCUT2D eigenvalue weighted by Gasteiger charge is -2.24. The van der Waals surface area contributed by atoms with Crippen LogP contribution < -0.4 is 16.0 Å². The maximum atomic E-state index is 11.3. The molecule has 0 saturated carbocycles. The number of pyridine rings is 1. The second-order valence-corrected chi connectivity index (χ2v) is 5.26. The SMILES string of the molecule is CCCCN(CC(N)=O)c1ncccc1CNC(C)C. The zero-order valence-electron chi connectivity index (χ0n) is 12.7. The lowest BCUT2D eigenvalue weighted by molar-refractivity contribution is -0.116. The summed E-state index contributed by atoms with van der Waals surface area (Å²) in [5, 5.41) is 3.38. The quantitative estimate of drug-likeness (QED) is 0.721. The highest BCUT2D eigenvalue weighted by Gasteiger charge is 2.14. The van der Waals surface area contributed by atoms with Gasteiger partial charge in [-0.25, -0.2) is 4.98 Å². The zero-order valence-corrected chi connectivity index (χ0v) is 12.7. The summed E-state index contributed by atoms with van der Waals surface area (Å²) in [6, 6.07) is 4.36. The van der Waals surface area contributed by atoms with Crippen LogP contribution in [0.3, 0.4) is 0 Å². The summed E-state index contributed by atoms with van der Waals surface area (Å²) in [4.78, 5) is 17.7. The number of carbonyl (C=O) groups excluding carboxylic acids is 1. The minimum atomic E-state index is -0.325. The molecular formula is C15H26N4O. The van der Waals surface area contributed by atoms with Gasteiger partial charge in [0.25, 0.3) is 0 Å². The first kappa shape index (κ1) is 16.4. The van der Waals surface area contributed by atoms with Crippen molar-refractivity contribution in [3.05, 3.63) is 23.9 Å². The molecule has 0 radical (unpaired) electrons. The summed E-state index contributed by atoms with van der Waals surface area (Å²) in [6.45, 7) is 8.09. The van der Waals surface area contributed by atoms with E-state index in [1.165, 1.54) is 0 Å². The Morgan fingerprint density at radius 3 is 2.85 bits per heavy atom. The standard InChI is InChI=1S/C15H26N4O/c1-4-5-9-19(11-14(16)20)15-13(7-6-8-17-15)10-18-12(2)3/h6-8,12,18H,4-5,9-11H2,1-3H3,(H2,16,20). The summed E-state index contributed by atoms with van der Waals surface area (Å²) in [5.41, 5.74) is 6.45. The van der Waals surface area contributed by atoms with Crippen LogP contribution in [0.1, 0.15) is 39.2 Å². The molecule has 5 heteroatoms. The summed E-state index contributed by atoms with van der Waals surface area (Å²) in [6.07, 6.45) is 3.84. The number of carbonyl (C=O) groups is 1. The molecular weight excluding hydrogens is 252 g/mol. The van der Waals surface area contributed by atoms with Crippen LogP contribution in [0.4, 0.5) is 5.82 Å². The molecule has 3 N–H and O–H groups in total. The summed E-state index contributed by atoms with van der Waals surface area (Å²) >= 11 is 0. The molecule has 0 aliphatic rings. The Hall–Kier alpha value is -1.62. The van der Waals surface area contributed by atoms with Crippen LogP contribution >= 0.6 is 0 Å². The average Bonchev–Trinajstić information content (AvgIpc) is 2.41. The molecule has 0 unspecified atom stereocenters. The van der Waals surface area contributed by atoms with E-state index in [4.69, 9.17) is 5.73 Å². The van der Waals surface area contributed by atoms with Crippen LogP contribution in [0.25, 0.3) is 0 Å². The first-order valence-corrected chi connectivity index (χ1v) is 7.25. The average molecular weight is 278 g/mol. The second kappa shape index (κ2) is 8.53. The van der Waals surface area contributed by atoms with Gasteiger partial charge in [0.15, 0.2) is 0 Å². The van der Waals surface area contributed by atoms with Gasteiger partial charge in [-0.3, -0.25) is 4.79 Å². The number of unbranched alkanes of at least 4 members (excludes halogenated alkanes) is 1. The van der Waals surface area contributed by atoms with E-state index in [0.717, 1.165) is 37.3 Å². The lowest BCUT2D eigenvalue weighted by atomic mass is 10.2. The van der Waals surface area contributed by atoms with Gasteiger partial charge in [0, 0.05) is 30.9 Å². The third kappa shape index (κ3) is 5.57. The van der Waals surface area contributed by atoms with E-state index in [0.29, 0.717) is 6.04 Å². The highest BCUT2D eigenvalue weighted by Crippen LogP contribution is 2.17. The Kier molecular flexibility index (Phi) is 7.01. The number of nitrogens with zero attached hydrogens (tertiary/aromatic N) is 2. The molecule has 0 bridgehead atoms. The maximum absolute atomic E-state index is 11.3. The van der Waals surface area contributed by atoms with Crippen molar-refractivity contribution in [2.75, 3.05) is 18.0 Å². The molecule has 0 aliphatic carbocycles. The fourth-order valence-corrected chi connectivity index (χ4v) is 1.96. The van der Waals surface area contributed by atoms with Crippen molar-refractivity contribution in [1.29, 1.82) is 0 Å². The number of rotatable bonds is 9. The van der Waals surface area contributed by atoms with Crippen molar-refractivity contribution >= 4 is 11.7 Å². The third-order valence-electron chi connectivity index (χ3n) is 3.00. The molecule has 1 aromatic heterocycles. The molecule has 1 heterocycles. The molecule has 1 amide bonds. The van der Waals surface area contributed by atoms with Gasteiger partial charge in [-0.1, -0.05) is 33.3 Å². The van der Waals surface area contributed by atoms with E-state index in [1.807, 2.05) is 17.0 Å². The minimum absolute atomic E-state index is 0.214. The molecule has 112 valence electrons. The first-order chi connectivity index (χ1) is 9.54. The Labute approximate surface area is 121 Å². The monoisotopic (exact) mass is 278 g/mol. The molecule has 0 aromatic carbocycles. The van der Waals surface area contributed by atoms with Gasteiger partial charge in [0.05, 0.1) is 6.54 Å². The number of nitrogens with two attached hydrogens (primary N) is 1. The topological polar surface area (TPSA) is 71.2 Å². The zero-order chi connectivity index (χ0) is 15.0. The third-order valence-corrected chi connectivity index (χ3v) is 3.00. The summed E-state index contributed by atoms with van der Waals surface area (Å²) in [7, 11) is 0. The number of anilines is 1. The van der Waals surface area contributed by atoms with Crippen LogP contribution in [-0.4, -0.2) is 30.0 Å². The number of amides is 1. The van der Waals surface area contributed by atoms with Crippen LogP contribution in [0.2, 0.25) is 0 Å². The summed E-state index contributed by atoms with van der Waals surface area (Å²) < 4.78 is 0. The molecule has 20 heavy (non-hydrogen) atoms. The van der Waals surface area contributed by atoms with E-state index in [2.05, 4.69) is 31.1 Å². The van der Waals surface area contributed by atoms with E-state index in [1.54, 1.807) is 6.20 Å². The van der Waals surface area contributed by atoms with Gasteiger partial charge >= 0.3 is 0 Å².